The standard InChI is InChI=1S/C20H27NO4.ClH/c1-16-5-3-4-6-18(16)15-25-19-8-7-17(13-20(19)23-2)14-21-9-11-24-12-10-22;/h3-8,13,21-22H,9-12,14-15H2,1-2H3;1H. The molecule has 0 aliphatic carbocycles. The minimum absolute atomic E-state index is 0. The monoisotopic (exact) mass is 381 g/mol. The normalized spacial score (nSPS) is 10.3. The summed E-state index contributed by atoms with van der Waals surface area (Å²) in [6.07, 6.45) is 0. The third kappa shape index (κ3) is 7.22. The Labute approximate surface area is 161 Å². The molecule has 2 aromatic rings. The van der Waals surface area contributed by atoms with Gasteiger partial charge < -0.3 is 24.6 Å². The molecule has 2 rings (SSSR count). The zero-order valence-electron chi connectivity index (χ0n) is 15.4. The Morgan fingerprint density at radius 2 is 1.85 bits per heavy atom. The van der Waals surface area contributed by atoms with Gasteiger partial charge in [-0.3, -0.25) is 0 Å². The molecule has 0 saturated carbocycles. The second kappa shape index (κ2) is 12.5. The SMILES string of the molecule is COc1cc(CNCCOCCO)ccc1OCc1ccccc1C.Cl. The molecule has 0 fully saturated rings. The lowest BCUT2D eigenvalue weighted by Crippen LogP contribution is -2.20. The van der Waals surface area contributed by atoms with Gasteiger partial charge in [-0.1, -0.05) is 30.3 Å². The lowest BCUT2D eigenvalue weighted by Gasteiger charge is -2.13. The van der Waals surface area contributed by atoms with Crippen LogP contribution in [-0.4, -0.2) is 38.6 Å². The summed E-state index contributed by atoms with van der Waals surface area (Å²) in [4.78, 5) is 0. The summed E-state index contributed by atoms with van der Waals surface area (Å²) in [5.74, 6) is 1.46. The van der Waals surface area contributed by atoms with Gasteiger partial charge in [0.15, 0.2) is 11.5 Å². The Hall–Kier alpha value is -1.79. The van der Waals surface area contributed by atoms with Crippen LogP contribution in [0, 0.1) is 6.92 Å². The molecule has 0 heterocycles. The molecule has 144 valence electrons. The number of aliphatic hydroxyl groups excluding tert-OH is 1. The van der Waals surface area contributed by atoms with Crippen molar-refractivity contribution >= 4 is 12.4 Å². The maximum Gasteiger partial charge on any atom is 0.161 e. The van der Waals surface area contributed by atoms with Crippen LogP contribution >= 0.6 is 12.4 Å². The fourth-order valence-corrected chi connectivity index (χ4v) is 2.41. The van der Waals surface area contributed by atoms with Crippen molar-refractivity contribution in [1.29, 1.82) is 0 Å². The first kappa shape index (κ1) is 22.3. The van der Waals surface area contributed by atoms with Crippen molar-refractivity contribution in [2.45, 2.75) is 20.1 Å². The molecule has 0 radical (unpaired) electrons. The number of ether oxygens (including phenoxy) is 3. The predicted molar refractivity (Wildman–Crippen MR) is 105 cm³/mol. The first-order valence-electron chi connectivity index (χ1n) is 8.48. The van der Waals surface area contributed by atoms with E-state index < -0.39 is 0 Å². The minimum Gasteiger partial charge on any atom is -0.493 e. The number of rotatable bonds is 11. The highest BCUT2D eigenvalue weighted by atomic mass is 35.5. The van der Waals surface area contributed by atoms with Gasteiger partial charge in [0, 0.05) is 13.1 Å². The number of aryl methyl sites for hydroxylation is 1. The van der Waals surface area contributed by atoms with E-state index >= 15 is 0 Å². The Balaban J connectivity index is 0.00000338. The van der Waals surface area contributed by atoms with Crippen LogP contribution in [0.25, 0.3) is 0 Å². The summed E-state index contributed by atoms with van der Waals surface area (Å²) in [6.45, 7) is 5.06. The van der Waals surface area contributed by atoms with E-state index in [-0.39, 0.29) is 19.0 Å². The summed E-state index contributed by atoms with van der Waals surface area (Å²) < 4.78 is 16.6. The molecule has 2 aromatic carbocycles. The van der Waals surface area contributed by atoms with Gasteiger partial charge in [0.05, 0.1) is 26.9 Å². The topological polar surface area (TPSA) is 60.0 Å². The zero-order valence-corrected chi connectivity index (χ0v) is 16.2. The summed E-state index contributed by atoms with van der Waals surface area (Å²) in [5.41, 5.74) is 3.49. The average Bonchev–Trinajstić information content (AvgIpc) is 2.64. The van der Waals surface area contributed by atoms with Crippen molar-refractivity contribution in [1.82, 2.24) is 5.32 Å². The number of nitrogens with one attached hydrogen (secondary N) is 1. The molecule has 0 bridgehead atoms. The van der Waals surface area contributed by atoms with Crippen molar-refractivity contribution in [2.24, 2.45) is 0 Å². The summed E-state index contributed by atoms with van der Waals surface area (Å²) >= 11 is 0. The third-order valence-electron chi connectivity index (χ3n) is 3.86. The molecule has 2 N–H and O–H groups in total. The van der Waals surface area contributed by atoms with Crippen molar-refractivity contribution in [3.8, 4) is 11.5 Å². The van der Waals surface area contributed by atoms with Crippen LogP contribution in [0.4, 0.5) is 0 Å². The number of hydrogen-bond acceptors (Lipinski definition) is 5. The summed E-state index contributed by atoms with van der Waals surface area (Å²) in [5, 5.41) is 11.9. The third-order valence-corrected chi connectivity index (χ3v) is 3.86. The first-order chi connectivity index (χ1) is 12.2. The molecule has 0 aliphatic rings. The highest BCUT2D eigenvalue weighted by Gasteiger charge is 2.07. The number of methoxy groups -OCH3 is 1. The van der Waals surface area contributed by atoms with Crippen molar-refractivity contribution in [2.75, 3.05) is 33.5 Å². The Morgan fingerprint density at radius 1 is 1.04 bits per heavy atom. The van der Waals surface area contributed by atoms with Crippen molar-refractivity contribution < 1.29 is 19.3 Å². The van der Waals surface area contributed by atoms with Crippen LogP contribution in [0.2, 0.25) is 0 Å². The van der Waals surface area contributed by atoms with Crippen molar-refractivity contribution in [3.05, 3.63) is 59.2 Å². The number of aliphatic hydroxyl groups is 1. The zero-order chi connectivity index (χ0) is 17.9. The van der Waals surface area contributed by atoms with E-state index in [0.717, 1.165) is 35.7 Å². The molecule has 0 aromatic heterocycles. The van der Waals surface area contributed by atoms with Gasteiger partial charge >= 0.3 is 0 Å². The molecule has 6 heteroatoms. The Kier molecular flexibility index (Phi) is 10.7. The minimum atomic E-state index is 0. The van der Waals surface area contributed by atoms with E-state index in [9.17, 15) is 0 Å². The summed E-state index contributed by atoms with van der Waals surface area (Å²) in [7, 11) is 1.65. The molecule has 26 heavy (non-hydrogen) atoms. The first-order valence-corrected chi connectivity index (χ1v) is 8.48. The Morgan fingerprint density at radius 3 is 2.58 bits per heavy atom. The highest BCUT2D eigenvalue weighted by molar-refractivity contribution is 5.85. The molecule has 0 spiro atoms. The fraction of sp³-hybridized carbons (Fsp3) is 0.400. The van der Waals surface area contributed by atoms with Gasteiger partial charge in [-0.15, -0.1) is 12.4 Å². The molecule has 0 aliphatic heterocycles. The lowest BCUT2D eigenvalue weighted by molar-refractivity contribution is 0.0938. The fourth-order valence-electron chi connectivity index (χ4n) is 2.41. The van der Waals surface area contributed by atoms with E-state index in [1.807, 2.05) is 30.3 Å². The van der Waals surface area contributed by atoms with Gasteiger partial charge in [0.1, 0.15) is 6.61 Å². The van der Waals surface area contributed by atoms with Gasteiger partial charge in [-0.2, -0.15) is 0 Å². The van der Waals surface area contributed by atoms with Gasteiger partial charge in [-0.05, 0) is 35.7 Å². The van der Waals surface area contributed by atoms with Crippen molar-refractivity contribution in [3.63, 3.8) is 0 Å². The molecule has 0 atom stereocenters. The second-order valence-corrected chi connectivity index (χ2v) is 5.71. The van der Waals surface area contributed by atoms with Crippen LogP contribution in [0.1, 0.15) is 16.7 Å². The highest BCUT2D eigenvalue weighted by Crippen LogP contribution is 2.29. The predicted octanol–water partition coefficient (Wildman–Crippen LogP) is 3.10. The maximum absolute atomic E-state index is 8.64. The molecule has 0 saturated heterocycles. The molecule has 0 amide bonds. The molecular formula is C20H28ClNO4. The largest absolute Gasteiger partial charge is 0.493 e. The maximum atomic E-state index is 8.64. The van der Waals surface area contributed by atoms with Crippen LogP contribution in [0.15, 0.2) is 42.5 Å². The number of hydrogen-bond donors (Lipinski definition) is 2. The molecule has 0 unspecified atom stereocenters. The van der Waals surface area contributed by atoms with Crippen LogP contribution < -0.4 is 14.8 Å². The quantitative estimate of drug-likeness (QED) is 0.586. The second-order valence-electron chi connectivity index (χ2n) is 5.71. The lowest BCUT2D eigenvalue weighted by atomic mass is 10.1. The van der Waals surface area contributed by atoms with E-state index in [1.165, 1.54) is 5.56 Å². The summed E-state index contributed by atoms with van der Waals surface area (Å²) in [6, 6.07) is 14.1. The average molecular weight is 382 g/mol. The van der Waals surface area contributed by atoms with E-state index in [4.69, 9.17) is 19.3 Å². The van der Waals surface area contributed by atoms with Gasteiger partial charge in [0.25, 0.3) is 0 Å². The van der Waals surface area contributed by atoms with E-state index in [1.54, 1.807) is 7.11 Å². The van der Waals surface area contributed by atoms with Gasteiger partial charge in [-0.25, -0.2) is 0 Å². The van der Waals surface area contributed by atoms with Crippen LogP contribution in [0.3, 0.4) is 0 Å². The number of benzene rings is 2. The molecular weight excluding hydrogens is 354 g/mol. The number of halogens is 1. The van der Waals surface area contributed by atoms with E-state index in [2.05, 4.69) is 24.4 Å². The van der Waals surface area contributed by atoms with Gasteiger partial charge in [0.2, 0.25) is 0 Å². The van der Waals surface area contributed by atoms with E-state index in [0.29, 0.717) is 19.8 Å². The van der Waals surface area contributed by atoms with Crippen LogP contribution in [-0.2, 0) is 17.9 Å². The smallest absolute Gasteiger partial charge is 0.161 e. The molecule has 5 nitrogen and oxygen atoms in total. The Bertz CT molecular complexity index is 651. The van der Waals surface area contributed by atoms with Crippen LogP contribution in [0.5, 0.6) is 11.5 Å².